The lowest BCUT2D eigenvalue weighted by Gasteiger charge is -2.15. The Morgan fingerprint density at radius 3 is 2.68 bits per heavy atom. The third kappa shape index (κ3) is 3.97. The predicted molar refractivity (Wildman–Crippen MR) is 126 cm³/mol. The number of hydrogen-bond donors (Lipinski definition) is 3. The third-order valence-corrected chi connectivity index (χ3v) is 5.01. The molecule has 5 rings (SSSR count). The maximum Gasteiger partial charge on any atom is 0.254 e. The highest BCUT2D eigenvalue weighted by molar-refractivity contribution is 5.98. The monoisotopic (exact) mass is 456 g/mol. The highest BCUT2D eigenvalue weighted by Crippen LogP contribution is 2.38. The normalized spacial score (nSPS) is 10.9. The van der Waals surface area contributed by atoms with Gasteiger partial charge in [-0.15, -0.1) is 0 Å². The molecule has 11 heteroatoms. The second kappa shape index (κ2) is 8.54. The van der Waals surface area contributed by atoms with E-state index in [1.807, 2.05) is 36.4 Å². The number of aromatic nitrogens is 5. The van der Waals surface area contributed by atoms with Crippen molar-refractivity contribution in [3.05, 3.63) is 66.6 Å². The number of aryl methyl sites for hydroxylation is 1. The fourth-order valence-electron chi connectivity index (χ4n) is 3.47. The number of nitrogens with zero attached hydrogens (tertiary/aromatic N) is 5. The van der Waals surface area contributed by atoms with Crippen LogP contribution in [0.5, 0.6) is 5.75 Å². The summed E-state index contributed by atoms with van der Waals surface area (Å²) in [6.07, 6.45) is 4.75. The SMILES string of the molecule is COc1c(Nc2nc(Nc3cnn(C)c3)ncc2C(N)=O)cccc1-c1nc2ccccc2o1. The van der Waals surface area contributed by atoms with Crippen LogP contribution in [0.1, 0.15) is 10.4 Å². The van der Waals surface area contributed by atoms with E-state index in [0.717, 1.165) is 5.52 Å². The molecule has 0 spiro atoms. The molecule has 3 aromatic heterocycles. The zero-order valence-corrected chi connectivity index (χ0v) is 18.3. The highest BCUT2D eigenvalue weighted by Gasteiger charge is 2.19. The first-order chi connectivity index (χ1) is 16.5. The number of carbonyl (C=O) groups is 1. The number of para-hydroxylation sites is 3. The topological polar surface area (TPSA) is 146 Å². The lowest BCUT2D eigenvalue weighted by atomic mass is 10.1. The molecule has 34 heavy (non-hydrogen) atoms. The molecule has 0 unspecified atom stereocenters. The van der Waals surface area contributed by atoms with Crippen LogP contribution in [0, 0.1) is 0 Å². The summed E-state index contributed by atoms with van der Waals surface area (Å²) in [6, 6.07) is 12.9. The molecule has 0 fully saturated rings. The number of benzene rings is 2. The van der Waals surface area contributed by atoms with Gasteiger partial charge in [0, 0.05) is 19.4 Å². The average Bonchev–Trinajstić information content (AvgIpc) is 3.44. The average molecular weight is 456 g/mol. The molecule has 0 aliphatic rings. The molecule has 0 aliphatic heterocycles. The Balaban J connectivity index is 1.53. The number of methoxy groups -OCH3 is 1. The number of carbonyl (C=O) groups excluding carboxylic acids is 1. The largest absolute Gasteiger partial charge is 0.494 e. The van der Waals surface area contributed by atoms with Crippen LogP contribution in [0.2, 0.25) is 0 Å². The summed E-state index contributed by atoms with van der Waals surface area (Å²) in [5.74, 6) is 0.657. The van der Waals surface area contributed by atoms with E-state index in [2.05, 4.69) is 30.7 Å². The first-order valence-corrected chi connectivity index (χ1v) is 10.2. The summed E-state index contributed by atoms with van der Waals surface area (Å²) >= 11 is 0. The Morgan fingerprint density at radius 2 is 1.94 bits per heavy atom. The summed E-state index contributed by atoms with van der Waals surface area (Å²) in [7, 11) is 3.34. The van der Waals surface area contributed by atoms with Crippen LogP contribution in [0.15, 0.2) is 65.5 Å². The van der Waals surface area contributed by atoms with Gasteiger partial charge in [-0.05, 0) is 24.3 Å². The van der Waals surface area contributed by atoms with Crippen molar-refractivity contribution < 1.29 is 13.9 Å². The standard InChI is InChI=1S/C23H20N8O3/c1-31-12-13(10-26-31)27-23-25-11-15(20(24)32)21(30-23)28-17-8-5-6-14(19(17)33-2)22-29-16-7-3-4-9-18(16)34-22/h3-12H,1-2H3,(H2,24,32)(H2,25,27,28,30). The van der Waals surface area contributed by atoms with Crippen LogP contribution >= 0.6 is 0 Å². The van der Waals surface area contributed by atoms with E-state index in [9.17, 15) is 4.79 Å². The summed E-state index contributed by atoms with van der Waals surface area (Å²) < 4.78 is 13.2. The highest BCUT2D eigenvalue weighted by atomic mass is 16.5. The van der Waals surface area contributed by atoms with Gasteiger partial charge in [0.25, 0.3) is 5.91 Å². The molecule has 0 bridgehead atoms. The van der Waals surface area contributed by atoms with Crippen LogP contribution in [0.3, 0.4) is 0 Å². The Morgan fingerprint density at radius 1 is 1.09 bits per heavy atom. The van der Waals surface area contributed by atoms with E-state index >= 15 is 0 Å². The molecule has 11 nitrogen and oxygen atoms in total. The molecule has 2 aromatic carbocycles. The molecule has 0 saturated carbocycles. The van der Waals surface area contributed by atoms with Gasteiger partial charge < -0.3 is 25.5 Å². The molecule has 1 amide bonds. The van der Waals surface area contributed by atoms with Crippen LogP contribution in [-0.4, -0.2) is 37.7 Å². The fraction of sp³-hybridized carbons (Fsp3) is 0.0870. The van der Waals surface area contributed by atoms with Gasteiger partial charge in [0.2, 0.25) is 11.8 Å². The summed E-state index contributed by atoms with van der Waals surface area (Å²) in [4.78, 5) is 25.2. The van der Waals surface area contributed by atoms with Gasteiger partial charge in [-0.25, -0.2) is 9.97 Å². The Kier molecular flexibility index (Phi) is 5.26. The molecular formula is C23H20N8O3. The zero-order valence-electron chi connectivity index (χ0n) is 18.3. The Labute approximate surface area is 193 Å². The number of primary amides is 1. The zero-order chi connectivity index (χ0) is 23.7. The molecule has 0 saturated heterocycles. The maximum atomic E-state index is 12.0. The van der Waals surface area contributed by atoms with Gasteiger partial charge in [-0.2, -0.15) is 10.1 Å². The van der Waals surface area contributed by atoms with Gasteiger partial charge in [0.05, 0.1) is 30.2 Å². The lowest BCUT2D eigenvalue weighted by Crippen LogP contribution is -2.16. The predicted octanol–water partition coefficient (Wildman–Crippen LogP) is 3.61. The van der Waals surface area contributed by atoms with Gasteiger partial charge in [-0.1, -0.05) is 18.2 Å². The number of oxazole rings is 1. The molecule has 5 aromatic rings. The number of amides is 1. The second-order valence-corrected chi connectivity index (χ2v) is 7.35. The summed E-state index contributed by atoms with van der Waals surface area (Å²) in [5, 5.41) is 10.3. The maximum absolute atomic E-state index is 12.0. The van der Waals surface area contributed by atoms with Crippen LogP contribution in [-0.2, 0) is 7.05 Å². The van der Waals surface area contributed by atoms with Gasteiger partial charge in [0.15, 0.2) is 11.3 Å². The minimum absolute atomic E-state index is 0.117. The number of hydrogen-bond acceptors (Lipinski definition) is 9. The Bertz CT molecular complexity index is 1470. The number of rotatable bonds is 7. The lowest BCUT2D eigenvalue weighted by molar-refractivity contribution is 0.100. The number of ether oxygens (including phenoxy) is 1. The van der Waals surface area contributed by atoms with E-state index < -0.39 is 5.91 Å². The van der Waals surface area contributed by atoms with Crippen LogP contribution < -0.4 is 21.1 Å². The summed E-state index contributed by atoms with van der Waals surface area (Å²) in [6.45, 7) is 0. The second-order valence-electron chi connectivity index (χ2n) is 7.35. The smallest absolute Gasteiger partial charge is 0.254 e. The van der Waals surface area contributed by atoms with E-state index in [-0.39, 0.29) is 17.3 Å². The summed E-state index contributed by atoms with van der Waals surface area (Å²) in [5.41, 5.74) is 8.93. The van der Waals surface area contributed by atoms with E-state index in [0.29, 0.717) is 34.2 Å². The molecule has 170 valence electrons. The van der Waals surface area contributed by atoms with Gasteiger partial charge >= 0.3 is 0 Å². The quantitative estimate of drug-likeness (QED) is 0.334. The van der Waals surface area contributed by atoms with Crippen molar-refractivity contribution in [1.29, 1.82) is 0 Å². The Hall–Kier alpha value is -4.93. The van der Waals surface area contributed by atoms with Gasteiger partial charge in [0.1, 0.15) is 16.9 Å². The first-order valence-electron chi connectivity index (χ1n) is 10.2. The fourth-order valence-corrected chi connectivity index (χ4v) is 3.47. The third-order valence-electron chi connectivity index (χ3n) is 5.01. The molecule has 3 heterocycles. The van der Waals surface area contributed by atoms with Crippen LogP contribution in [0.4, 0.5) is 23.1 Å². The van der Waals surface area contributed by atoms with Crippen molar-refractivity contribution in [1.82, 2.24) is 24.7 Å². The molecule has 0 aliphatic carbocycles. The van der Waals surface area contributed by atoms with E-state index in [1.165, 1.54) is 13.3 Å². The number of fused-ring (bicyclic) bond motifs is 1. The minimum Gasteiger partial charge on any atom is -0.494 e. The minimum atomic E-state index is -0.676. The van der Waals surface area contributed by atoms with E-state index in [1.54, 1.807) is 30.2 Å². The van der Waals surface area contributed by atoms with E-state index in [4.69, 9.17) is 14.9 Å². The number of nitrogens with two attached hydrogens (primary N) is 1. The number of anilines is 4. The van der Waals surface area contributed by atoms with Crippen molar-refractivity contribution in [2.75, 3.05) is 17.7 Å². The van der Waals surface area contributed by atoms with Crippen molar-refractivity contribution in [3.8, 4) is 17.2 Å². The van der Waals surface area contributed by atoms with Gasteiger partial charge in [-0.3, -0.25) is 9.48 Å². The van der Waals surface area contributed by atoms with Crippen molar-refractivity contribution in [2.45, 2.75) is 0 Å². The van der Waals surface area contributed by atoms with Crippen LogP contribution in [0.25, 0.3) is 22.6 Å². The number of nitrogens with one attached hydrogen (secondary N) is 2. The molecule has 0 radical (unpaired) electrons. The molecular weight excluding hydrogens is 436 g/mol. The molecule has 0 atom stereocenters. The van der Waals surface area contributed by atoms with Crippen molar-refractivity contribution in [2.24, 2.45) is 12.8 Å². The molecule has 4 N–H and O–H groups in total. The first kappa shape index (κ1) is 20.9. The van der Waals surface area contributed by atoms with Crippen molar-refractivity contribution in [3.63, 3.8) is 0 Å². The van der Waals surface area contributed by atoms with Crippen molar-refractivity contribution >= 4 is 40.1 Å².